The van der Waals surface area contributed by atoms with Crippen molar-refractivity contribution in [1.82, 2.24) is 9.88 Å². The van der Waals surface area contributed by atoms with Gasteiger partial charge in [0.1, 0.15) is 5.82 Å². The molecule has 1 saturated heterocycles. The second kappa shape index (κ2) is 5.98. The number of rotatable bonds is 4. The zero-order chi connectivity index (χ0) is 12.1. The Kier molecular flexibility index (Phi) is 4.34. The fraction of sp³-hybridized carbons (Fsp3) is 0.615. The van der Waals surface area contributed by atoms with Crippen molar-refractivity contribution >= 4 is 5.82 Å². The number of likely N-dealkylation sites (tertiary alicyclic amines) is 1. The number of hydrogen-bond donors (Lipinski definition) is 2. The van der Waals surface area contributed by atoms with Crippen molar-refractivity contribution in [2.75, 3.05) is 25.0 Å². The lowest BCUT2D eigenvalue weighted by molar-refractivity contribution is 0.0668. The number of nitrogens with zero attached hydrogens (tertiary/aromatic N) is 2. The predicted octanol–water partition coefficient (Wildman–Crippen LogP) is 1.47. The van der Waals surface area contributed by atoms with Gasteiger partial charge < -0.3 is 10.4 Å². The molecule has 2 rings (SSSR count). The topological polar surface area (TPSA) is 48.4 Å². The highest BCUT2D eigenvalue weighted by Gasteiger charge is 2.17. The van der Waals surface area contributed by atoms with Crippen LogP contribution in [0.2, 0.25) is 0 Å². The van der Waals surface area contributed by atoms with Gasteiger partial charge in [-0.05, 0) is 37.9 Å². The van der Waals surface area contributed by atoms with Crippen molar-refractivity contribution in [3.63, 3.8) is 0 Å². The van der Waals surface area contributed by atoms with E-state index in [1.807, 2.05) is 12.3 Å². The van der Waals surface area contributed by atoms with E-state index in [0.29, 0.717) is 0 Å². The van der Waals surface area contributed by atoms with Crippen LogP contribution in [-0.2, 0) is 6.54 Å². The maximum Gasteiger partial charge on any atom is 0.125 e. The Balaban J connectivity index is 1.89. The molecule has 0 aliphatic carbocycles. The molecule has 94 valence electrons. The fourth-order valence-corrected chi connectivity index (χ4v) is 2.24. The molecule has 1 fully saturated rings. The number of piperidine rings is 1. The summed E-state index contributed by atoms with van der Waals surface area (Å²) in [7, 11) is 0. The van der Waals surface area contributed by atoms with Crippen LogP contribution in [0, 0.1) is 0 Å². The van der Waals surface area contributed by atoms with Gasteiger partial charge in [-0.15, -0.1) is 0 Å². The molecule has 0 bridgehead atoms. The number of pyridine rings is 1. The molecule has 2 heterocycles. The zero-order valence-corrected chi connectivity index (χ0v) is 10.4. The van der Waals surface area contributed by atoms with Gasteiger partial charge in [-0.2, -0.15) is 0 Å². The molecule has 0 aromatic carbocycles. The van der Waals surface area contributed by atoms with Gasteiger partial charge in [0.15, 0.2) is 0 Å². The molecule has 2 N–H and O–H groups in total. The average molecular weight is 235 g/mol. The molecule has 1 unspecified atom stereocenters. The van der Waals surface area contributed by atoms with Gasteiger partial charge in [0.05, 0.1) is 6.10 Å². The normalized spacial score (nSPS) is 21.4. The van der Waals surface area contributed by atoms with Crippen molar-refractivity contribution < 1.29 is 5.11 Å². The van der Waals surface area contributed by atoms with E-state index in [1.54, 1.807) is 0 Å². The summed E-state index contributed by atoms with van der Waals surface area (Å²) in [4.78, 5) is 6.64. The third-order valence-corrected chi connectivity index (χ3v) is 3.07. The van der Waals surface area contributed by atoms with Crippen LogP contribution in [0.1, 0.15) is 25.3 Å². The summed E-state index contributed by atoms with van der Waals surface area (Å²) in [5.74, 6) is 0.926. The smallest absolute Gasteiger partial charge is 0.125 e. The van der Waals surface area contributed by atoms with Crippen LogP contribution in [0.25, 0.3) is 0 Å². The molecule has 1 aromatic heterocycles. The first-order valence-electron chi connectivity index (χ1n) is 6.37. The van der Waals surface area contributed by atoms with Crippen molar-refractivity contribution in [2.24, 2.45) is 0 Å². The number of aromatic nitrogens is 1. The van der Waals surface area contributed by atoms with E-state index in [0.717, 1.165) is 44.8 Å². The number of nitrogens with one attached hydrogen (secondary N) is 1. The van der Waals surface area contributed by atoms with Crippen molar-refractivity contribution in [1.29, 1.82) is 0 Å². The molecular formula is C13H21N3O. The second-order valence-corrected chi connectivity index (χ2v) is 4.61. The molecule has 4 nitrogen and oxygen atoms in total. The lowest BCUT2D eigenvalue weighted by Crippen LogP contribution is -2.37. The Hall–Kier alpha value is -1.13. The van der Waals surface area contributed by atoms with Crippen molar-refractivity contribution in [3.8, 4) is 0 Å². The van der Waals surface area contributed by atoms with Crippen LogP contribution in [0.5, 0.6) is 0 Å². The third-order valence-electron chi connectivity index (χ3n) is 3.07. The van der Waals surface area contributed by atoms with Gasteiger partial charge in [0.25, 0.3) is 0 Å². The summed E-state index contributed by atoms with van der Waals surface area (Å²) in [5.41, 5.74) is 1.21. The van der Waals surface area contributed by atoms with Gasteiger partial charge in [0, 0.05) is 25.8 Å². The average Bonchev–Trinajstić information content (AvgIpc) is 2.32. The number of aliphatic hydroxyl groups is 1. The number of aliphatic hydroxyl groups excluding tert-OH is 1. The highest BCUT2D eigenvalue weighted by atomic mass is 16.3. The van der Waals surface area contributed by atoms with Crippen molar-refractivity contribution in [3.05, 3.63) is 23.9 Å². The summed E-state index contributed by atoms with van der Waals surface area (Å²) in [6.45, 7) is 5.70. The molecule has 1 aliphatic heterocycles. The minimum atomic E-state index is -0.155. The lowest BCUT2D eigenvalue weighted by Gasteiger charge is -2.29. The molecule has 1 aliphatic rings. The molecule has 17 heavy (non-hydrogen) atoms. The molecule has 0 saturated carbocycles. The largest absolute Gasteiger partial charge is 0.392 e. The summed E-state index contributed by atoms with van der Waals surface area (Å²) >= 11 is 0. The standard InChI is InChI=1S/C13H21N3O/c1-2-14-13-6-5-11(8-15-13)9-16-7-3-4-12(17)10-16/h5-6,8,12,17H,2-4,7,9-10H2,1H3,(H,14,15). The molecule has 0 spiro atoms. The first kappa shape index (κ1) is 12.3. The molecule has 0 amide bonds. The van der Waals surface area contributed by atoms with Gasteiger partial charge >= 0.3 is 0 Å². The SMILES string of the molecule is CCNc1ccc(CN2CCCC(O)C2)cn1. The van der Waals surface area contributed by atoms with E-state index in [-0.39, 0.29) is 6.10 Å². The first-order chi connectivity index (χ1) is 8.28. The zero-order valence-electron chi connectivity index (χ0n) is 10.4. The third kappa shape index (κ3) is 3.68. The summed E-state index contributed by atoms with van der Waals surface area (Å²) < 4.78 is 0. The Morgan fingerprint density at radius 2 is 2.41 bits per heavy atom. The van der Waals surface area contributed by atoms with Crippen LogP contribution in [0.15, 0.2) is 18.3 Å². The summed E-state index contributed by atoms with van der Waals surface area (Å²) in [6.07, 6.45) is 3.79. The van der Waals surface area contributed by atoms with Crippen LogP contribution in [0.4, 0.5) is 5.82 Å². The lowest BCUT2D eigenvalue weighted by atomic mass is 10.1. The van der Waals surface area contributed by atoms with E-state index >= 15 is 0 Å². The number of hydrogen-bond acceptors (Lipinski definition) is 4. The fourth-order valence-electron chi connectivity index (χ4n) is 2.24. The summed E-state index contributed by atoms with van der Waals surface area (Å²) in [6, 6.07) is 4.12. The molecular weight excluding hydrogens is 214 g/mol. The van der Waals surface area contributed by atoms with Crippen LogP contribution < -0.4 is 5.32 Å². The highest BCUT2D eigenvalue weighted by Crippen LogP contribution is 2.14. The van der Waals surface area contributed by atoms with Gasteiger partial charge in [0.2, 0.25) is 0 Å². The Morgan fingerprint density at radius 3 is 3.06 bits per heavy atom. The van der Waals surface area contributed by atoms with E-state index in [4.69, 9.17) is 0 Å². The number of anilines is 1. The molecule has 4 heteroatoms. The van der Waals surface area contributed by atoms with Crippen LogP contribution in [-0.4, -0.2) is 40.7 Å². The van der Waals surface area contributed by atoms with E-state index in [2.05, 4.69) is 28.2 Å². The maximum atomic E-state index is 9.60. The second-order valence-electron chi connectivity index (χ2n) is 4.61. The van der Waals surface area contributed by atoms with Crippen LogP contribution >= 0.6 is 0 Å². The highest BCUT2D eigenvalue weighted by molar-refractivity contribution is 5.35. The maximum absolute atomic E-state index is 9.60. The Bertz CT molecular complexity index is 339. The van der Waals surface area contributed by atoms with Crippen LogP contribution in [0.3, 0.4) is 0 Å². The molecule has 1 aromatic rings. The minimum Gasteiger partial charge on any atom is -0.392 e. The van der Waals surface area contributed by atoms with E-state index in [1.165, 1.54) is 5.56 Å². The van der Waals surface area contributed by atoms with Crippen molar-refractivity contribution in [2.45, 2.75) is 32.4 Å². The Labute approximate surface area is 103 Å². The molecule has 0 radical (unpaired) electrons. The monoisotopic (exact) mass is 235 g/mol. The number of β-amino-alcohol motifs (C(OH)–C–C–N with tert-alkyl or cyclic N) is 1. The first-order valence-corrected chi connectivity index (χ1v) is 6.37. The Morgan fingerprint density at radius 1 is 1.53 bits per heavy atom. The van der Waals surface area contributed by atoms with E-state index < -0.39 is 0 Å². The molecule has 1 atom stereocenters. The van der Waals surface area contributed by atoms with Gasteiger partial charge in [-0.3, -0.25) is 4.90 Å². The predicted molar refractivity (Wildman–Crippen MR) is 68.9 cm³/mol. The summed E-state index contributed by atoms with van der Waals surface area (Å²) in [5, 5.41) is 12.8. The minimum absolute atomic E-state index is 0.155. The van der Waals surface area contributed by atoms with E-state index in [9.17, 15) is 5.11 Å². The quantitative estimate of drug-likeness (QED) is 0.829. The van der Waals surface area contributed by atoms with Gasteiger partial charge in [-0.1, -0.05) is 6.07 Å². The van der Waals surface area contributed by atoms with Gasteiger partial charge in [-0.25, -0.2) is 4.98 Å².